The van der Waals surface area contributed by atoms with Gasteiger partial charge in [0.1, 0.15) is 0 Å². The molecule has 0 saturated carbocycles. The molecule has 106 valence electrons. The first-order valence-electron chi connectivity index (χ1n) is 6.59. The van der Waals surface area contributed by atoms with Gasteiger partial charge in [-0.1, -0.05) is 0 Å². The molecule has 1 aromatic heterocycles. The summed E-state index contributed by atoms with van der Waals surface area (Å²) in [6, 6.07) is 2.07. The second-order valence-corrected chi connectivity index (χ2v) is 6.58. The molecule has 3 N–H and O–H groups in total. The summed E-state index contributed by atoms with van der Waals surface area (Å²) in [6.07, 6.45) is 7.79. The van der Waals surface area contributed by atoms with Crippen molar-refractivity contribution in [2.24, 2.45) is 5.84 Å². The third-order valence-corrected chi connectivity index (χ3v) is 4.48. The van der Waals surface area contributed by atoms with Gasteiger partial charge in [0.15, 0.2) is 0 Å². The molecule has 0 aliphatic carbocycles. The van der Waals surface area contributed by atoms with Crippen LogP contribution in [0.25, 0.3) is 0 Å². The Kier molecular flexibility index (Phi) is 6.22. The third kappa shape index (κ3) is 4.49. The Labute approximate surface area is 130 Å². The highest BCUT2D eigenvalue weighted by molar-refractivity contribution is 9.11. The Bertz CT molecular complexity index is 411. The van der Waals surface area contributed by atoms with Gasteiger partial charge in [0.2, 0.25) is 0 Å². The summed E-state index contributed by atoms with van der Waals surface area (Å²) >= 11 is 6.94. The molecule has 1 aromatic rings. The van der Waals surface area contributed by atoms with E-state index in [-0.39, 0.29) is 6.04 Å². The Hall–Kier alpha value is -0.0100. The van der Waals surface area contributed by atoms with Crippen molar-refractivity contribution in [3.05, 3.63) is 26.9 Å². The summed E-state index contributed by atoms with van der Waals surface area (Å²) in [6.45, 7) is 0.920. The molecule has 1 saturated heterocycles. The number of ether oxygens (including phenoxy) is 1. The highest BCUT2D eigenvalue weighted by Crippen LogP contribution is 2.28. The van der Waals surface area contributed by atoms with Crippen LogP contribution in [-0.4, -0.2) is 17.7 Å². The van der Waals surface area contributed by atoms with Crippen molar-refractivity contribution in [1.29, 1.82) is 0 Å². The average molecular weight is 393 g/mol. The third-order valence-electron chi connectivity index (χ3n) is 3.41. The molecule has 0 radical (unpaired) electrons. The minimum atomic E-state index is 0.0730. The van der Waals surface area contributed by atoms with Crippen molar-refractivity contribution in [3.63, 3.8) is 0 Å². The van der Waals surface area contributed by atoms with Gasteiger partial charge in [-0.25, -0.2) is 0 Å². The fourth-order valence-electron chi connectivity index (χ4n) is 2.40. The standard InChI is InChI=1S/C13H19Br2N3O/c14-9-7-11(15)13(17-8-9)12(18-16)5-1-3-10-4-2-6-19-10/h7-8,10,12,18H,1-6,16H2. The monoisotopic (exact) mass is 391 g/mol. The molecule has 19 heavy (non-hydrogen) atoms. The smallest absolute Gasteiger partial charge is 0.0729 e. The molecular formula is C13H19Br2N3O. The van der Waals surface area contributed by atoms with Crippen LogP contribution in [0.2, 0.25) is 0 Å². The molecule has 2 heterocycles. The normalized spacial score (nSPS) is 20.7. The number of pyridine rings is 1. The van der Waals surface area contributed by atoms with E-state index in [9.17, 15) is 0 Å². The van der Waals surface area contributed by atoms with E-state index < -0.39 is 0 Å². The van der Waals surface area contributed by atoms with Crippen molar-refractivity contribution < 1.29 is 4.74 Å². The van der Waals surface area contributed by atoms with Gasteiger partial charge in [-0.2, -0.15) is 0 Å². The number of nitrogens with zero attached hydrogens (tertiary/aromatic N) is 1. The van der Waals surface area contributed by atoms with Crippen molar-refractivity contribution >= 4 is 31.9 Å². The molecule has 2 unspecified atom stereocenters. The quantitative estimate of drug-likeness (QED) is 0.574. The van der Waals surface area contributed by atoms with E-state index in [0.29, 0.717) is 6.10 Å². The molecule has 0 aromatic carbocycles. The van der Waals surface area contributed by atoms with Crippen molar-refractivity contribution in [3.8, 4) is 0 Å². The predicted octanol–water partition coefficient (Wildman–Crippen LogP) is 3.46. The molecule has 2 rings (SSSR count). The lowest BCUT2D eigenvalue weighted by molar-refractivity contribution is 0.101. The van der Waals surface area contributed by atoms with Gasteiger partial charge in [0.25, 0.3) is 0 Å². The van der Waals surface area contributed by atoms with E-state index in [0.717, 1.165) is 40.5 Å². The summed E-state index contributed by atoms with van der Waals surface area (Å²) in [4.78, 5) is 4.43. The Morgan fingerprint density at radius 1 is 1.53 bits per heavy atom. The maximum absolute atomic E-state index is 5.65. The number of aromatic nitrogens is 1. The number of halogens is 2. The molecule has 6 heteroatoms. The molecule has 0 bridgehead atoms. The number of hydrogen-bond donors (Lipinski definition) is 2. The van der Waals surface area contributed by atoms with Crippen LogP contribution in [0.15, 0.2) is 21.2 Å². The Morgan fingerprint density at radius 2 is 2.37 bits per heavy atom. The number of hydrogen-bond acceptors (Lipinski definition) is 4. The van der Waals surface area contributed by atoms with Crippen molar-refractivity contribution in [2.45, 2.75) is 44.2 Å². The lowest BCUT2D eigenvalue weighted by atomic mass is 10.0. The zero-order chi connectivity index (χ0) is 13.7. The molecule has 0 amide bonds. The van der Waals surface area contributed by atoms with Gasteiger partial charge < -0.3 is 4.74 Å². The van der Waals surface area contributed by atoms with E-state index in [1.165, 1.54) is 12.8 Å². The highest BCUT2D eigenvalue weighted by Gasteiger charge is 2.18. The second-order valence-electron chi connectivity index (χ2n) is 4.81. The first-order chi connectivity index (χ1) is 9.20. The van der Waals surface area contributed by atoms with Gasteiger partial charge in [0.05, 0.1) is 17.8 Å². The van der Waals surface area contributed by atoms with Crippen LogP contribution in [0.1, 0.15) is 43.8 Å². The van der Waals surface area contributed by atoms with Gasteiger partial charge in [-0.15, -0.1) is 0 Å². The van der Waals surface area contributed by atoms with Crippen LogP contribution < -0.4 is 11.3 Å². The zero-order valence-electron chi connectivity index (χ0n) is 10.7. The largest absolute Gasteiger partial charge is 0.378 e. The van der Waals surface area contributed by atoms with Gasteiger partial charge in [-0.3, -0.25) is 16.3 Å². The number of hydrazine groups is 1. The summed E-state index contributed by atoms with van der Waals surface area (Å²) < 4.78 is 7.56. The van der Waals surface area contributed by atoms with Gasteiger partial charge >= 0.3 is 0 Å². The van der Waals surface area contributed by atoms with Gasteiger partial charge in [0, 0.05) is 21.7 Å². The van der Waals surface area contributed by atoms with Crippen molar-refractivity contribution in [1.82, 2.24) is 10.4 Å². The zero-order valence-corrected chi connectivity index (χ0v) is 13.9. The summed E-state index contributed by atoms with van der Waals surface area (Å²) in [5, 5.41) is 0. The lowest BCUT2D eigenvalue weighted by Gasteiger charge is -2.18. The topological polar surface area (TPSA) is 60.2 Å². The molecule has 4 nitrogen and oxygen atoms in total. The summed E-state index contributed by atoms with van der Waals surface area (Å²) in [7, 11) is 0. The minimum Gasteiger partial charge on any atom is -0.378 e. The second kappa shape index (κ2) is 7.69. The van der Waals surface area contributed by atoms with Crippen LogP contribution >= 0.6 is 31.9 Å². The first kappa shape index (κ1) is 15.4. The maximum Gasteiger partial charge on any atom is 0.0729 e. The number of nitrogens with one attached hydrogen (secondary N) is 1. The highest BCUT2D eigenvalue weighted by atomic mass is 79.9. The van der Waals surface area contributed by atoms with Crippen LogP contribution in [0, 0.1) is 0 Å². The molecular weight excluding hydrogens is 374 g/mol. The van der Waals surface area contributed by atoms with Crippen LogP contribution in [0.5, 0.6) is 0 Å². The van der Waals surface area contributed by atoms with Crippen LogP contribution in [-0.2, 0) is 4.74 Å². The van der Waals surface area contributed by atoms with Crippen LogP contribution in [0.4, 0.5) is 0 Å². The fraction of sp³-hybridized carbons (Fsp3) is 0.615. The number of nitrogens with two attached hydrogens (primary N) is 1. The lowest BCUT2D eigenvalue weighted by Crippen LogP contribution is -2.29. The Morgan fingerprint density at radius 3 is 3.00 bits per heavy atom. The predicted molar refractivity (Wildman–Crippen MR) is 82.5 cm³/mol. The maximum atomic E-state index is 5.65. The molecule has 1 aliphatic rings. The summed E-state index contributed by atoms with van der Waals surface area (Å²) in [5.41, 5.74) is 3.81. The van der Waals surface area contributed by atoms with E-state index in [2.05, 4.69) is 42.3 Å². The van der Waals surface area contributed by atoms with E-state index in [4.69, 9.17) is 10.6 Å². The number of rotatable bonds is 6. The Balaban J connectivity index is 1.88. The van der Waals surface area contributed by atoms with E-state index >= 15 is 0 Å². The summed E-state index contributed by atoms with van der Waals surface area (Å²) in [5.74, 6) is 5.65. The van der Waals surface area contributed by atoms with Crippen LogP contribution in [0.3, 0.4) is 0 Å². The first-order valence-corrected chi connectivity index (χ1v) is 8.18. The molecule has 2 atom stereocenters. The van der Waals surface area contributed by atoms with E-state index in [1.54, 1.807) is 6.20 Å². The van der Waals surface area contributed by atoms with E-state index in [1.807, 2.05) is 6.07 Å². The molecule has 1 fully saturated rings. The van der Waals surface area contributed by atoms with Gasteiger partial charge in [-0.05, 0) is 70.0 Å². The molecule has 0 spiro atoms. The average Bonchev–Trinajstić information content (AvgIpc) is 2.89. The minimum absolute atomic E-state index is 0.0730. The molecule has 1 aliphatic heterocycles. The SMILES string of the molecule is NNC(CCCC1CCCO1)c1ncc(Br)cc1Br. The van der Waals surface area contributed by atoms with Crippen molar-refractivity contribution in [2.75, 3.05) is 6.61 Å². The fourth-order valence-corrected chi connectivity index (χ4v) is 3.67.